The molecule has 0 bridgehead atoms. The van der Waals surface area contributed by atoms with Crippen molar-refractivity contribution < 1.29 is 9.47 Å². The monoisotopic (exact) mass is 279 g/mol. The fraction of sp³-hybridized carbons (Fsp3) is 0.167. The van der Waals surface area contributed by atoms with Gasteiger partial charge in [-0.3, -0.25) is 4.98 Å². The first-order valence-corrected chi connectivity index (χ1v) is 6.88. The average molecular weight is 279 g/mol. The van der Waals surface area contributed by atoms with Crippen molar-refractivity contribution in [1.29, 1.82) is 0 Å². The Morgan fingerprint density at radius 2 is 1.81 bits per heavy atom. The van der Waals surface area contributed by atoms with E-state index in [2.05, 4.69) is 17.1 Å². The maximum atomic E-state index is 5.99. The Bertz CT molecular complexity index is 754. The predicted octanol–water partition coefficient (Wildman–Crippen LogP) is 4.13. The molecular formula is C18H17NO2. The van der Waals surface area contributed by atoms with Gasteiger partial charge in [-0.25, -0.2) is 0 Å². The van der Waals surface area contributed by atoms with Crippen molar-refractivity contribution in [1.82, 2.24) is 4.98 Å². The zero-order valence-electron chi connectivity index (χ0n) is 12.2. The summed E-state index contributed by atoms with van der Waals surface area (Å²) in [4.78, 5) is 4.53. The molecule has 2 aromatic carbocycles. The molecule has 0 aliphatic carbocycles. The molecule has 3 rings (SSSR count). The van der Waals surface area contributed by atoms with E-state index in [0.717, 1.165) is 33.7 Å². The van der Waals surface area contributed by atoms with Gasteiger partial charge < -0.3 is 9.47 Å². The van der Waals surface area contributed by atoms with Crippen molar-refractivity contribution in [2.45, 2.75) is 13.5 Å². The van der Waals surface area contributed by atoms with E-state index in [0.29, 0.717) is 6.61 Å². The van der Waals surface area contributed by atoms with Crippen LogP contribution in [-0.2, 0) is 6.61 Å². The second kappa shape index (κ2) is 5.83. The minimum atomic E-state index is 0.538. The summed E-state index contributed by atoms with van der Waals surface area (Å²) in [6.45, 7) is 2.51. The van der Waals surface area contributed by atoms with Crippen LogP contribution in [0.25, 0.3) is 10.9 Å². The molecule has 0 aliphatic rings. The smallest absolute Gasteiger partial charge is 0.131 e. The molecule has 0 saturated carbocycles. The molecule has 0 radical (unpaired) electrons. The van der Waals surface area contributed by atoms with Gasteiger partial charge in [0.25, 0.3) is 0 Å². The lowest BCUT2D eigenvalue weighted by Gasteiger charge is -2.11. The number of benzene rings is 2. The van der Waals surface area contributed by atoms with Crippen LogP contribution in [0, 0.1) is 6.92 Å². The van der Waals surface area contributed by atoms with E-state index < -0.39 is 0 Å². The molecule has 21 heavy (non-hydrogen) atoms. The minimum absolute atomic E-state index is 0.538. The summed E-state index contributed by atoms with van der Waals surface area (Å²) >= 11 is 0. The van der Waals surface area contributed by atoms with Crippen LogP contribution >= 0.6 is 0 Å². The lowest BCUT2D eigenvalue weighted by molar-refractivity contribution is 0.309. The summed E-state index contributed by atoms with van der Waals surface area (Å²) in [5.41, 5.74) is 3.00. The van der Waals surface area contributed by atoms with E-state index in [4.69, 9.17) is 9.47 Å². The van der Waals surface area contributed by atoms with Crippen LogP contribution in [-0.4, -0.2) is 12.1 Å². The number of hydrogen-bond acceptors (Lipinski definition) is 3. The van der Waals surface area contributed by atoms with Crippen LogP contribution in [0.1, 0.15) is 11.3 Å². The Morgan fingerprint density at radius 1 is 1.00 bits per heavy atom. The van der Waals surface area contributed by atoms with Gasteiger partial charge >= 0.3 is 0 Å². The van der Waals surface area contributed by atoms with Gasteiger partial charge in [0.05, 0.1) is 12.6 Å². The average Bonchev–Trinajstić information content (AvgIpc) is 2.53. The standard InChI is InChI=1S/C18H17NO2/c1-13-10-18(21-12-14-6-4-3-5-7-14)16-11-15(20-2)8-9-17(16)19-13/h3-11H,12H2,1-2H3. The topological polar surface area (TPSA) is 31.4 Å². The maximum absolute atomic E-state index is 5.99. The van der Waals surface area contributed by atoms with E-state index in [-0.39, 0.29) is 0 Å². The van der Waals surface area contributed by atoms with Crippen molar-refractivity contribution >= 4 is 10.9 Å². The largest absolute Gasteiger partial charge is 0.497 e. The molecule has 1 aromatic heterocycles. The lowest BCUT2D eigenvalue weighted by atomic mass is 10.1. The first kappa shape index (κ1) is 13.4. The molecule has 0 spiro atoms. The summed E-state index contributed by atoms with van der Waals surface area (Å²) in [5, 5.41) is 0.968. The molecule has 0 aliphatic heterocycles. The number of rotatable bonds is 4. The molecule has 3 nitrogen and oxygen atoms in total. The third-order valence-corrected chi connectivity index (χ3v) is 3.34. The van der Waals surface area contributed by atoms with Crippen molar-refractivity contribution in [2.24, 2.45) is 0 Å². The minimum Gasteiger partial charge on any atom is -0.497 e. The maximum Gasteiger partial charge on any atom is 0.131 e. The van der Waals surface area contributed by atoms with Gasteiger partial charge in [-0.15, -0.1) is 0 Å². The number of aryl methyl sites for hydroxylation is 1. The molecule has 106 valence electrons. The van der Waals surface area contributed by atoms with E-state index in [1.165, 1.54) is 0 Å². The Labute approximate surface area is 124 Å². The zero-order chi connectivity index (χ0) is 14.7. The van der Waals surface area contributed by atoms with Crippen molar-refractivity contribution in [3.63, 3.8) is 0 Å². The highest BCUT2D eigenvalue weighted by Crippen LogP contribution is 2.29. The van der Waals surface area contributed by atoms with E-state index in [1.54, 1.807) is 7.11 Å². The van der Waals surface area contributed by atoms with E-state index >= 15 is 0 Å². The molecule has 0 fully saturated rings. The molecular weight excluding hydrogens is 262 g/mol. The summed E-state index contributed by atoms with van der Waals surface area (Å²) in [6.07, 6.45) is 0. The predicted molar refractivity (Wildman–Crippen MR) is 83.8 cm³/mol. The number of nitrogens with zero attached hydrogens (tertiary/aromatic N) is 1. The Balaban J connectivity index is 1.96. The van der Waals surface area contributed by atoms with Gasteiger partial charge in [0.2, 0.25) is 0 Å². The molecule has 3 heteroatoms. The van der Waals surface area contributed by atoms with Crippen LogP contribution in [0.15, 0.2) is 54.6 Å². The number of ether oxygens (including phenoxy) is 2. The SMILES string of the molecule is COc1ccc2nc(C)cc(OCc3ccccc3)c2c1. The van der Waals surface area contributed by atoms with Crippen molar-refractivity contribution in [3.8, 4) is 11.5 Å². The van der Waals surface area contributed by atoms with Crippen LogP contribution in [0.2, 0.25) is 0 Å². The molecule has 0 atom stereocenters. The lowest BCUT2D eigenvalue weighted by Crippen LogP contribution is -1.97. The molecule has 0 saturated heterocycles. The number of fused-ring (bicyclic) bond motifs is 1. The zero-order valence-corrected chi connectivity index (χ0v) is 12.2. The van der Waals surface area contributed by atoms with Crippen molar-refractivity contribution in [2.75, 3.05) is 7.11 Å². The Kier molecular flexibility index (Phi) is 3.73. The van der Waals surface area contributed by atoms with Crippen molar-refractivity contribution in [3.05, 3.63) is 65.9 Å². The molecule has 3 aromatic rings. The summed E-state index contributed by atoms with van der Waals surface area (Å²) in [5.74, 6) is 1.64. The van der Waals surface area contributed by atoms with Gasteiger partial charge in [0.1, 0.15) is 18.1 Å². The second-order valence-electron chi connectivity index (χ2n) is 4.92. The van der Waals surface area contributed by atoms with Crippen LogP contribution in [0.4, 0.5) is 0 Å². The summed E-state index contributed by atoms with van der Waals surface area (Å²) in [7, 11) is 1.66. The first-order valence-electron chi connectivity index (χ1n) is 6.88. The van der Waals surface area contributed by atoms with E-state index in [1.807, 2.05) is 49.4 Å². The Morgan fingerprint density at radius 3 is 2.57 bits per heavy atom. The van der Waals surface area contributed by atoms with Gasteiger partial charge in [0.15, 0.2) is 0 Å². The fourth-order valence-electron chi connectivity index (χ4n) is 2.28. The molecule has 0 unspecified atom stereocenters. The van der Waals surface area contributed by atoms with Gasteiger partial charge in [-0.2, -0.15) is 0 Å². The molecule has 0 amide bonds. The highest BCUT2D eigenvalue weighted by atomic mass is 16.5. The van der Waals surface area contributed by atoms with Crippen LogP contribution in [0.5, 0.6) is 11.5 Å². The number of aromatic nitrogens is 1. The quantitative estimate of drug-likeness (QED) is 0.719. The van der Waals surface area contributed by atoms with Crippen LogP contribution in [0.3, 0.4) is 0 Å². The first-order chi connectivity index (χ1) is 10.3. The van der Waals surface area contributed by atoms with Gasteiger partial charge in [-0.05, 0) is 30.7 Å². The third-order valence-electron chi connectivity index (χ3n) is 3.34. The fourth-order valence-corrected chi connectivity index (χ4v) is 2.28. The molecule has 0 N–H and O–H groups in total. The number of pyridine rings is 1. The van der Waals surface area contributed by atoms with E-state index in [9.17, 15) is 0 Å². The van der Waals surface area contributed by atoms with Crippen LogP contribution < -0.4 is 9.47 Å². The highest BCUT2D eigenvalue weighted by molar-refractivity contribution is 5.86. The summed E-state index contributed by atoms with van der Waals surface area (Å²) < 4.78 is 11.3. The second-order valence-corrected chi connectivity index (χ2v) is 4.92. The van der Waals surface area contributed by atoms with Gasteiger partial charge in [-0.1, -0.05) is 30.3 Å². The summed E-state index contributed by atoms with van der Waals surface area (Å²) in [6, 6.07) is 17.9. The molecule has 1 heterocycles. The van der Waals surface area contributed by atoms with Gasteiger partial charge in [0, 0.05) is 17.1 Å². The number of methoxy groups -OCH3 is 1. The highest BCUT2D eigenvalue weighted by Gasteiger charge is 2.07. The number of hydrogen-bond donors (Lipinski definition) is 0. The third kappa shape index (κ3) is 2.97. The Hall–Kier alpha value is -2.55. The normalized spacial score (nSPS) is 10.6.